The molecule has 2 aromatic rings. The Balaban J connectivity index is 2.20. The van der Waals surface area contributed by atoms with Gasteiger partial charge in [0.25, 0.3) is 11.6 Å². The molecular formula is C9H5ClN4O3S. The number of hydrogen-bond acceptors (Lipinski definition) is 6. The molecule has 9 heteroatoms. The zero-order chi connectivity index (χ0) is 13.1. The van der Waals surface area contributed by atoms with E-state index in [9.17, 15) is 14.9 Å². The summed E-state index contributed by atoms with van der Waals surface area (Å²) in [6.07, 6.45) is 2.74. The van der Waals surface area contributed by atoms with E-state index in [0.717, 1.165) is 17.4 Å². The fourth-order valence-electron chi connectivity index (χ4n) is 1.14. The van der Waals surface area contributed by atoms with Crippen LogP contribution in [0.5, 0.6) is 0 Å². The molecule has 0 fully saturated rings. The Morgan fingerprint density at radius 1 is 1.56 bits per heavy atom. The van der Waals surface area contributed by atoms with Crippen LogP contribution in [0.15, 0.2) is 24.7 Å². The summed E-state index contributed by atoms with van der Waals surface area (Å²) >= 11 is 6.50. The number of aromatic nitrogens is 2. The van der Waals surface area contributed by atoms with Crippen molar-refractivity contribution in [2.24, 2.45) is 0 Å². The largest absolute Gasteiger partial charge is 0.306 e. The highest BCUT2D eigenvalue weighted by Gasteiger charge is 2.21. The molecule has 0 aromatic carbocycles. The molecule has 0 saturated heterocycles. The lowest BCUT2D eigenvalue weighted by Gasteiger charge is -2.00. The van der Waals surface area contributed by atoms with Crippen molar-refractivity contribution in [1.82, 2.24) is 9.97 Å². The molecule has 0 atom stereocenters. The first-order chi connectivity index (χ1) is 8.58. The fraction of sp³-hybridized carbons (Fsp3) is 0. The van der Waals surface area contributed by atoms with Crippen LogP contribution in [-0.4, -0.2) is 20.8 Å². The van der Waals surface area contributed by atoms with E-state index in [2.05, 4.69) is 15.3 Å². The van der Waals surface area contributed by atoms with Gasteiger partial charge in [-0.2, -0.15) is 0 Å². The van der Waals surface area contributed by atoms with Gasteiger partial charge in [0.15, 0.2) is 4.34 Å². The summed E-state index contributed by atoms with van der Waals surface area (Å²) in [6, 6.07) is 2.63. The lowest BCUT2D eigenvalue weighted by molar-refractivity contribution is -0.384. The average molecular weight is 285 g/mol. The number of halogens is 1. The third-order valence-electron chi connectivity index (χ3n) is 1.91. The number of nitrogens with zero attached hydrogens (tertiary/aromatic N) is 3. The highest BCUT2D eigenvalue weighted by molar-refractivity contribution is 7.18. The smallest absolute Gasteiger partial charge is 0.299 e. The molecule has 0 bridgehead atoms. The SMILES string of the molecule is O=C(Nc1ccncn1)c1cc([N+](=O)[O-])c(Cl)s1. The minimum Gasteiger partial charge on any atom is -0.306 e. The van der Waals surface area contributed by atoms with E-state index in [4.69, 9.17) is 11.6 Å². The lowest BCUT2D eigenvalue weighted by atomic mass is 10.4. The van der Waals surface area contributed by atoms with E-state index < -0.39 is 10.8 Å². The second-order valence-electron chi connectivity index (χ2n) is 3.08. The molecule has 0 spiro atoms. The highest BCUT2D eigenvalue weighted by atomic mass is 35.5. The van der Waals surface area contributed by atoms with Gasteiger partial charge in [-0.3, -0.25) is 14.9 Å². The van der Waals surface area contributed by atoms with E-state index in [-0.39, 0.29) is 14.9 Å². The van der Waals surface area contributed by atoms with Gasteiger partial charge in [-0.25, -0.2) is 9.97 Å². The van der Waals surface area contributed by atoms with Gasteiger partial charge in [-0.05, 0) is 6.07 Å². The zero-order valence-corrected chi connectivity index (χ0v) is 10.2. The van der Waals surface area contributed by atoms with Gasteiger partial charge in [0.2, 0.25) is 0 Å². The van der Waals surface area contributed by atoms with Crippen molar-refractivity contribution in [3.05, 3.63) is 44.0 Å². The van der Waals surface area contributed by atoms with E-state index in [0.29, 0.717) is 5.82 Å². The number of amides is 1. The number of nitro groups is 1. The van der Waals surface area contributed by atoms with Crippen molar-refractivity contribution in [3.63, 3.8) is 0 Å². The van der Waals surface area contributed by atoms with Gasteiger partial charge in [0.05, 0.1) is 4.92 Å². The van der Waals surface area contributed by atoms with E-state index in [1.165, 1.54) is 18.6 Å². The van der Waals surface area contributed by atoms with E-state index in [1.54, 1.807) is 0 Å². The average Bonchev–Trinajstić information content (AvgIpc) is 2.73. The molecule has 0 aliphatic rings. The molecule has 1 amide bonds. The molecule has 0 aliphatic heterocycles. The second kappa shape index (κ2) is 5.07. The maximum atomic E-state index is 11.8. The summed E-state index contributed by atoms with van der Waals surface area (Å²) in [7, 11) is 0. The summed E-state index contributed by atoms with van der Waals surface area (Å²) in [5, 5.41) is 13.1. The minimum absolute atomic E-state index is 0.0344. The first-order valence-corrected chi connectivity index (χ1v) is 5.78. The Morgan fingerprint density at radius 2 is 2.33 bits per heavy atom. The minimum atomic E-state index is -0.639. The van der Waals surface area contributed by atoms with Crippen molar-refractivity contribution >= 4 is 40.4 Å². The maximum Gasteiger partial charge on any atom is 0.299 e. The van der Waals surface area contributed by atoms with E-state index in [1.807, 2.05) is 0 Å². The molecule has 2 rings (SSSR count). The summed E-state index contributed by atoms with van der Waals surface area (Å²) in [5.41, 5.74) is -0.283. The predicted octanol–water partition coefficient (Wildman–Crippen LogP) is 2.35. The van der Waals surface area contributed by atoms with Gasteiger partial charge < -0.3 is 5.32 Å². The van der Waals surface area contributed by atoms with Crippen molar-refractivity contribution in [3.8, 4) is 0 Å². The van der Waals surface area contributed by atoms with Crippen LogP contribution in [0.1, 0.15) is 9.67 Å². The van der Waals surface area contributed by atoms with Crippen LogP contribution in [0.4, 0.5) is 11.5 Å². The molecule has 0 aliphatic carbocycles. The van der Waals surface area contributed by atoms with Crippen LogP contribution in [-0.2, 0) is 0 Å². The number of carbonyl (C=O) groups excluding carboxylic acids is 1. The molecule has 18 heavy (non-hydrogen) atoms. The van der Waals surface area contributed by atoms with Crippen molar-refractivity contribution < 1.29 is 9.72 Å². The molecule has 2 aromatic heterocycles. The van der Waals surface area contributed by atoms with Gasteiger partial charge in [0.1, 0.15) is 17.0 Å². The standard InChI is InChI=1S/C9H5ClN4O3S/c10-8-5(14(16)17)3-6(18-8)9(15)13-7-1-2-11-4-12-7/h1-4H,(H,11,12,13,15). The first kappa shape index (κ1) is 12.4. The zero-order valence-electron chi connectivity index (χ0n) is 8.66. The predicted molar refractivity (Wildman–Crippen MR) is 66.0 cm³/mol. The number of anilines is 1. The van der Waals surface area contributed by atoms with E-state index >= 15 is 0 Å². The number of hydrogen-bond donors (Lipinski definition) is 1. The van der Waals surface area contributed by atoms with Gasteiger partial charge >= 0.3 is 0 Å². The van der Waals surface area contributed by atoms with Gasteiger partial charge in [-0.1, -0.05) is 11.6 Å². The highest BCUT2D eigenvalue weighted by Crippen LogP contribution is 2.33. The van der Waals surface area contributed by atoms with Crippen LogP contribution in [0.2, 0.25) is 4.34 Å². The van der Waals surface area contributed by atoms with Crippen LogP contribution in [0.3, 0.4) is 0 Å². The number of rotatable bonds is 3. The number of nitrogens with one attached hydrogen (secondary N) is 1. The number of carbonyl (C=O) groups is 1. The first-order valence-electron chi connectivity index (χ1n) is 4.59. The van der Waals surface area contributed by atoms with Gasteiger partial charge in [0, 0.05) is 12.3 Å². The fourth-order valence-corrected chi connectivity index (χ4v) is 2.26. The quantitative estimate of drug-likeness (QED) is 0.689. The summed E-state index contributed by atoms with van der Waals surface area (Å²) in [4.78, 5) is 29.4. The third kappa shape index (κ3) is 2.60. The monoisotopic (exact) mass is 284 g/mol. The van der Waals surface area contributed by atoms with Crippen molar-refractivity contribution in [2.75, 3.05) is 5.32 Å². The Kier molecular flexibility index (Phi) is 3.49. The molecule has 1 N–H and O–H groups in total. The molecule has 0 radical (unpaired) electrons. The van der Waals surface area contributed by atoms with Crippen LogP contribution in [0.25, 0.3) is 0 Å². The second-order valence-corrected chi connectivity index (χ2v) is 4.73. The Hall–Kier alpha value is -2.06. The molecule has 92 valence electrons. The molecular weight excluding hydrogens is 280 g/mol. The summed E-state index contributed by atoms with van der Waals surface area (Å²) in [5.74, 6) is -0.198. The Labute approximate surface area is 110 Å². The Morgan fingerprint density at radius 3 is 2.89 bits per heavy atom. The Bertz CT molecular complexity index is 601. The molecule has 2 heterocycles. The van der Waals surface area contributed by atoms with Crippen LogP contribution < -0.4 is 5.32 Å². The number of thiophene rings is 1. The van der Waals surface area contributed by atoms with Gasteiger partial charge in [-0.15, -0.1) is 11.3 Å². The normalized spacial score (nSPS) is 10.1. The van der Waals surface area contributed by atoms with Crippen molar-refractivity contribution in [1.29, 1.82) is 0 Å². The maximum absolute atomic E-state index is 11.8. The molecule has 0 unspecified atom stereocenters. The van der Waals surface area contributed by atoms with Crippen molar-refractivity contribution in [2.45, 2.75) is 0 Å². The molecule has 7 nitrogen and oxygen atoms in total. The lowest BCUT2D eigenvalue weighted by Crippen LogP contribution is -2.11. The molecule has 0 saturated carbocycles. The summed E-state index contributed by atoms with van der Waals surface area (Å²) < 4.78 is -0.0344. The summed E-state index contributed by atoms with van der Waals surface area (Å²) in [6.45, 7) is 0. The third-order valence-corrected chi connectivity index (χ3v) is 3.25. The van der Waals surface area contributed by atoms with Crippen LogP contribution in [0, 0.1) is 10.1 Å². The van der Waals surface area contributed by atoms with Crippen LogP contribution >= 0.6 is 22.9 Å². The topological polar surface area (TPSA) is 98.0 Å².